The van der Waals surface area contributed by atoms with E-state index < -0.39 is 0 Å². The van der Waals surface area contributed by atoms with E-state index in [2.05, 4.69) is 25.8 Å². The first kappa shape index (κ1) is 4.43. The van der Waals surface area contributed by atoms with Crippen molar-refractivity contribution in [3.8, 4) is 0 Å². The van der Waals surface area contributed by atoms with Gasteiger partial charge in [0.2, 0.25) is 5.58 Å². The van der Waals surface area contributed by atoms with Gasteiger partial charge in [-0.25, -0.2) is 9.97 Å². The predicted molar refractivity (Wildman–Crippen MR) is 28.4 cm³/mol. The van der Waals surface area contributed by atoms with Gasteiger partial charge in [-0.1, -0.05) is 5.16 Å². The molecule has 2 rings (SSSR count). The van der Waals surface area contributed by atoms with Crippen LogP contribution in [-0.2, 0) is 0 Å². The fourth-order valence-corrected chi connectivity index (χ4v) is 0.583. The molecular formula is C5H2N3O. The lowest BCUT2D eigenvalue weighted by molar-refractivity contribution is 0.454. The van der Waals surface area contributed by atoms with Gasteiger partial charge in [0, 0.05) is 0 Å². The minimum Gasteiger partial charge on any atom is -0.352 e. The normalized spacial score (nSPS) is 10.2. The van der Waals surface area contributed by atoms with Crippen LogP contribution in [0.25, 0.3) is 11.1 Å². The van der Waals surface area contributed by atoms with Gasteiger partial charge in [0.1, 0.15) is 11.8 Å². The summed E-state index contributed by atoms with van der Waals surface area (Å²) in [5.74, 6) is 0. The highest BCUT2D eigenvalue weighted by atomic mass is 16.5. The molecule has 0 aliphatic rings. The number of fused-ring (bicyclic) bond motifs is 1. The minimum atomic E-state index is 0.567. The molecule has 2 heterocycles. The highest BCUT2D eigenvalue weighted by Crippen LogP contribution is 2.04. The lowest BCUT2D eigenvalue weighted by atomic mass is 10.5. The maximum atomic E-state index is 4.69. The Morgan fingerprint density at radius 3 is 3.44 bits per heavy atom. The van der Waals surface area contributed by atoms with E-state index >= 15 is 0 Å². The van der Waals surface area contributed by atoms with Crippen LogP contribution >= 0.6 is 0 Å². The number of nitrogens with zero attached hydrogens (tertiary/aromatic N) is 3. The van der Waals surface area contributed by atoms with Crippen LogP contribution in [0.5, 0.6) is 0 Å². The monoisotopic (exact) mass is 120 g/mol. The van der Waals surface area contributed by atoms with Crippen molar-refractivity contribution in [2.45, 2.75) is 0 Å². The first-order chi connectivity index (χ1) is 4.47. The van der Waals surface area contributed by atoms with E-state index in [0.717, 1.165) is 0 Å². The van der Waals surface area contributed by atoms with Gasteiger partial charge in [0.15, 0.2) is 6.20 Å². The summed E-state index contributed by atoms with van der Waals surface area (Å²) in [6, 6.07) is 0. The second-order valence-electron chi connectivity index (χ2n) is 1.53. The van der Waals surface area contributed by atoms with Crippen molar-refractivity contribution < 1.29 is 4.52 Å². The van der Waals surface area contributed by atoms with Crippen LogP contribution in [0.3, 0.4) is 0 Å². The van der Waals surface area contributed by atoms with Crippen LogP contribution in [0.15, 0.2) is 17.0 Å². The smallest absolute Gasteiger partial charge is 0.204 e. The molecule has 0 amide bonds. The molecule has 43 valence electrons. The Morgan fingerprint density at radius 2 is 2.56 bits per heavy atom. The molecule has 0 aromatic carbocycles. The van der Waals surface area contributed by atoms with Gasteiger partial charge in [-0.3, -0.25) is 0 Å². The molecule has 0 saturated carbocycles. The van der Waals surface area contributed by atoms with Crippen molar-refractivity contribution in [3.05, 3.63) is 18.7 Å². The quantitative estimate of drug-likeness (QED) is 0.505. The number of rotatable bonds is 0. The van der Waals surface area contributed by atoms with Crippen molar-refractivity contribution in [1.29, 1.82) is 0 Å². The molecule has 4 heteroatoms. The largest absolute Gasteiger partial charge is 0.352 e. The summed E-state index contributed by atoms with van der Waals surface area (Å²) in [7, 11) is 0. The van der Waals surface area contributed by atoms with Crippen LogP contribution in [-0.4, -0.2) is 15.1 Å². The fraction of sp³-hybridized carbons (Fsp3) is 0. The van der Waals surface area contributed by atoms with E-state index in [4.69, 9.17) is 0 Å². The van der Waals surface area contributed by atoms with Gasteiger partial charge < -0.3 is 4.52 Å². The Kier molecular flexibility index (Phi) is 0.745. The summed E-state index contributed by atoms with van der Waals surface area (Å²) in [6.07, 6.45) is 5.53. The fourth-order valence-electron chi connectivity index (χ4n) is 0.583. The minimum absolute atomic E-state index is 0.567. The van der Waals surface area contributed by atoms with Crippen LogP contribution in [0.1, 0.15) is 0 Å². The molecule has 0 saturated heterocycles. The highest BCUT2D eigenvalue weighted by molar-refractivity contribution is 5.67. The molecule has 0 aliphatic heterocycles. The van der Waals surface area contributed by atoms with E-state index in [0.29, 0.717) is 11.1 Å². The lowest BCUT2D eigenvalue weighted by Crippen LogP contribution is -1.73. The van der Waals surface area contributed by atoms with Gasteiger partial charge in [-0.15, -0.1) is 0 Å². The topological polar surface area (TPSA) is 51.8 Å². The number of hydrogen-bond donors (Lipinski definition) is 0. The second-order valence-corrected chi connectivity index (χ2v) is 1.53. The summed E-state index contributed by atoms with van der Waals surface area (Å²) in [5, 5.41) is 3.40. The Morgan fingerprint density at radius 1 is 1.56 bits per heavy atom. The molecule has 9 heavy (non-hydrogen) atoms. The zero-order valence-electron chi connectivity index (χ0n) is 4.40. The average molecular weight is 120 g/mol. The van der Waals surface area contributed by atoms with Crippen molar-refractivity contribution in [1.82, 2.24) is 15.1 Å². The number of hydrogen-bond acceptors (Lipinski definition) is 4. The van der Waals surface area contributed by atoms with Crippen molar-refractivity contribution in [3.63, 3.8) is 0 Å². The average Bonchev–Trinajstić information content (AvgIpc) is 2.33. The second kappa shape index (κ2) is 1.51. The van der Waals surface area contributed by atoms with E-state index in [1.54, 1.807) is 6.20 Å². The molecule has 0 N–H and O–H groups in total. The summed E-state index contributed by atoms with van der Waals surface area (Å²) >= 11 is 0. The molecule has 0 spiro atoms. The summed E-state index contributed by atoms with van der Waals surface area (Å²) < 4.78 is 4.69. The molecule has 2 aromatic rings. The SMILES string of the molecule is [c]1noc2cncnc12. The first-order valence-electron chi connectivity index (χ1n) is 2.40. The Balaban J connectivity index is 2.95. The molecule has 4 nitrogen and oxygen atoms in total. The zero-order chi connectivity index (χ0) is 6.10. The van der Waals surface area contributed by atoms with Gasteiger partial charge in [-0.05, 0) is 0 Å². The first-order valence-corrected chi connectivity index (χ1v) is 2.40. The predicted octanol–water partition coefficient (Wildman–Crippen LogP) is 0.418. The Labute approximate surface area is 50.5 Å². The maximum Gasteiger partial charge on any atom is 0.204 e. The van der Waals surface area contributed by atoms with Gasteiger partial charge in [0.25, 0.3) is 0 Å². The zero-order valence-corrected chi connectivity index (χ0v) is 4.40. The van der Waals surface area contributed by atoms with E-state index in [-0.39, 0.29) is 0 Å². The van der Waals surface area contributed by atoms with Crippen LogP contribution < -0.4 is 0 Å². The summed E-state index contributed by atoms with van der Waals surface area (Å²) in [6.45, 7) is 0. The molecule has 2 aromatic heterocycles. The molecule has 0 unspecified atom stereocenters. The van der Waals surface area contributed by atoms with Gasteiger partial charge >= 0.3 is 0 Å². The molecule has 0 bridgehead atoms. The standard InChI is InChI=1S/C5H2N3O/c1-4-5(9-8-1)2-6-3-7-4/h2-3H. The van der Waals surface area contributed by atoms with Gasteiger partial charge in [-0.2, -0.15) is 0 Å². The van der Waals surface area contributed by atoms with E-state index in [9.17, 15) is 0 Å². The van der Waals surface area contributed by atoms with Crippen molar-refractivity contribution in [2.75, 3.05) is 0 Å². The molecule has 0 aliphatic carbocycles. The third-order valence-electron chi connectivity index (χ3n) is 0.974. The Hall–Kier alpha value is -1.45. The molecule has 0 fully saturated rings. The van der Waals surface area contributed by atoms with E-state index in [1.165, 1.54) is 6.33 Å². The Bertz CT molecular complexity index is 286. The molecule has 0 atom stereocenters. The third kappa shape index (κ3) is 0.561. The van der Waals surface area contributed by atoms with Crippen LogP contribution in [0.2, 0.25) is 0 Å². The summed E-state index contributed by atoms with van der Waals surface area (Å²) in [5.41, 5.74) is 1.18. The lowest BCUT2D eigenvalue weighted by Gasteiger charge is -1.77. The van der Waals surface area contributed by atoms with E-state index in [1.807, 2.05) is 0 Å². The summed E-state index contributed by atoms with van der Waals surface area (Å²) in [4.78, 5) is 7.54. The molecule has 1 radical (unpaired) electrons. The highest BCUT2D eigenvalue weighted by Gasteiger charge is 1.95. The number of aromatic nitrogens is 3. The molecular weight excluding hydrogens is 118 g/mol. The maximum absolute atomic E-state index is 4.69. The van der Waals surface area contributed by atoms with Gasteiger partial charge in [0.05, 0.1) is 6.20 Å². The van der Waals surface area contributed by atoms with Crippen molar-refractivity contribution >= 4 is 11.1 Å². The third-order valence-corrected chi connectivity index (χ3v) is 0.974. The van der Waals surface area contributed by atoms with Crippen molar-refractivity contribution in [2.24, 2.45) is 0 Å². The van der Waals surface area contributed by atoms with Crippen LogP contribution in [0, 0.1) is 6.20 Å². The van der Waals surface area contributed by atoms with Crippen LogP contribution in [0.4, 0.5) is 0 Å².